The molecule has 0 bridgehead atoms. The summed E-state index contributed by atoms with van der Waals surface area (Å²) in [5.74, 6) is 1.49. The molecule has 245 valence electrons. The summed E-state index contributed by atoms with van der Waals surface area (Å²) < 4.78 is 0. The monoisotopic (exact) mass is 821 g/mol. The molecule has 0 aliphatic heterocycles. The minimum atomic E-state index is -1.39. The minimum Gasteiger partial charge on any atom is -0.305 e. The third kappa shape index (κ3) is 8.55. The molecule has 1 radical (unpaired) electrons. The number of hydrogen-bond acceptors (Lipinski definition) is 2. The molecule has 0 N–H and O–H groups in total. The summed E-state index contributed by atoms with van der Waals surface area (Å²) in [5.41, 5.74) is 10.4. The Labute approximate surface area is 302 Å². The third-order valence-electron chi connectivity index (χ3n) is 9.39. The normalized spacial score (nSPS) is 13.6. The van der Waals surface area contributed by atoms with E-state index < -0.39 is 8.07 Å². The Kier molecular flexibility index (Phi) is 12.1. The Morgan fingerprint density at radius 1 is 0.625 bits per heavy atom. The molecule has 1 atom stereocenters. The number of aromatic nitrogens is 2. The van der Waals surface area contributed by atoms with Gasteiger partial charge in [0, 0.05) is 38.1 Å². The predicted molar refractivity (Wildman–Crippen MR) is 201 cm³/mol. The van der Waals surface area contributed by atoms with Gasteiger partial charge in [-0.2, -0.15) is 0 Å². The van der Waals surface area contributed by atoms with Crippen LogP contribution in [0.3, 0.4) is 0 Å². The van der Waals surface area contributed by atoms with Crippen molar-refractivity contribution in [2.75, 3.05) is 0 Å². The van der Waals surface area contributed by atoms with Crippen LogP contribution in [-0.2, 0) is 20.1 Å². The molecule has 1 aliphatic rings. The predicted octanol–water partition coefficient (Wildman–Crippen LogP) is 11.3. The van der Waals surface area contributed by atoms with E-state index in [1.165, 1.54) is 47.6 Å². The van der Waals surface area contributed by atoms with Gasteiger partial charge in [-0.15, -0.1) is 71.8 Å². The van der Waals surface area contributed by atoms with Crippen LogP contribution >= 0.6 is 0 Å². The first-order chi connectivity index (χ1) is 22.9. The number of hydrogen-bond donors (Lipinski definition) is 0. The largest absolute Gasteiger partial charge is 0.305 e. The van der Waals surface area contributed by atoms with Gasteiger partial charge in [0.05, 0.1) is 8.07 Å². The zero-order valence-corrected chi connectivity index (χ0v) is 31.8. The third-order valence-corrected chi connectivity index (χ3v) is 11.4. The van der Waals surface area contributed by atoms with Crippen LogP contribution in [0.15, 0.2) is 134 Å². The van der Waals surface area contributed by atoms with Crippen molar-refractivity contribution in [3.8, 4) is 44.8 Å². The van der Waals surface area contributed by atoms with E-state index in [9.17, 15) is 0 Å². The van der Waals surface area contributed by atoms with Gasteiger partial charge in [-0.05, 0) is 57.9 Å². The fraction of sp³-hybridized carbons (Fsp3) is 0.227. The van der Waals surface area contributed by atoms with E-state index in [-0.39, 0.29) is 20.1 Å². The standard InChI is InChI=1S/C23H16N.C21H28NSi.Ir/c1-4-10-18(11-5-1)21-16-23(20-14-8-3-9-15-20)24-17-22(21)19-12-6-2-7-13-19;1-16(17-10-8-9-11-17)19-14-20(18-12-6-5-7-13-18)22-15-21(19)23(2,3)4;/h1-14,16-17H;5-7,12,14-17H,8-11H2,1-4H3;/q2*-1;. The van der Waals surface area contributed by atoms with Crippen molar-refractivity contribution in [2.24, 2.45) is 5.92 Å². The van der Waals surface area contributed by atoms with E-state index in [1.807, 2.05) is 54.7 Å². The molecule has 2 heterocycles. The average Bonchev–Trinajstić information content (AvgIpc) is 3.68. The number of pyridine rings is 2. The quantitative estimate of drug-likeness (QED) is 0.118. The molecule has 1 unspecified atom stereocenters. The number of benzene rings is 4. The van der Waals surface area contributed by atoms with E-state index >= 15 is 0 Å². The van der Waals surface area contributed by atoms with E-state index in [2.05, 4.69) is 123 Å². The second-order valence-electron chi connectivity index (χ2n) is 13.6. The molecule has 4 heteroatoms. The van der Waals surface area contributed by atoms with Crippen molar-refractivity contribution in [1.29, 1.82) is 0 Å². The summed E-state index contributed by atoms with van der Waals surface area (Å²) in [5, 5.41) is 1.54. The van der Waals surface area contributed by atoms with Crippen LogP contribution < -0.4 is 5.19 Å². The first kappa shape index (κ1) is 35.4. The summed E-state index contributed by atoms with van der Waals surface area (Å²) >= 11 is 0. The van der Waals surface area contributed by atoms with Crippen LogP contribution in [0.25, 0.3) is 44.8 Å². The molecule has 6 aromatic rings. The molecular formula is C44H44IrN2Si-2. The first-order valence-electron chi connectivity index (χ1n) is 16.9. The molecule has 2 nitrogen and oxygen atoms in total. The molecule has 4 aromatic carbocycles. The first-order valence-corrected chi connectivity index (χ1v) is 20.4. The van der Waals surface area contributed by atoms with Crippen molar-refractivity contribution in [3.63, 3.8) is 0 Å². The van der Waals surface area contributed by atoms with E-state index in [1.54, 1.807) is 5.56 Å². The van der Waals surface area contributed by atoms with Gasteiger partial charge in [-0.25, -0.2) is 0 Å². The number of rotatable bonds is 7. The molecule has 0 saturated heterocycles. The molecule has 1 saturated carbocycles. The van der Waals surface area contributed by atoms with Gasteiger partial charge in [-0.3, -0.25) is 0 Å². The zero-order valence-electron chi connectivity index (χ0n) is 28.4. The summed E-state index contributed by atoms with van der Waals surface area (Å²) in [6, 6.07) is 48.1. The van der Waals surface area contributed by atoms with Crippen molar-refractivity contribution in [1.82, 2.24) is 9.97 Å². The summed E-state index contributed by atoms with van der Waals surface area (Å²) in [6.45, 7) is 9.74. The summed E-state index contributed by atoms with van der Waals surface area (Å²) in [7, 11) is -1.39. The Bertz CT molecular complexity index is 1860. The fourth-order valence-electron chi connectivity index (χ4n) is 6.75. The SMILES string of the molecule is CC(c1cc(-c2[c-]cccc2)ncc1[Si](C)(C)C)C1CCCC1.[Ir].[c-]1ccccc1-c1cc(-c2ccccc2)c(-c2ccccc2)cn1. The molecule has 1 fully saturated rings. The van der Waals surface area contributed by atoms with Crippen LogP contribution in [0.4, 0.5) is 0 Å². The van der Waals surface area contributed by atoms with E-state index in [0.29, 0.717) is 5.92 Å². The minimum absolute atomic E-state index is 0. The Hall–Kier alpha value is -3.95. The maximum Gasteiger partial charge on any atom is 0.0799 e. The molecule has 48 heavy (non-hydrogen) atoms. The van der Waals surface area contributed by atoms with Gasteiger partial charge in [0.2, 0.25) is 0 Å². The van der Waals surface area contributed by atoms with Crippen LogP contribution in [0.5, 0.6) is 0 Å². The van der Waals surface area contributed by atoms with Crippen LogP contribution in [-0.4, -0.2) is 18.0 Å². The van der Waals surface area contributed by atoms with Crippen molar-refractivity contribution >= 4 is 13.3 Å². The van der Waals surface area contributed by atoms with Crippen molar-refractivity contribution < 1.29 is 20.1 Å². The van der Waals surface area contributed by atoms with Gasteiger partial charge < -0.3 is 9.97 Å². The second kappa shape index (κ2) is 16.4. The zero-order chi connectivity index (χ0) is 32.6. The van der Waals surface area contributed by atoms with Gasteiger partial charge in [0.25, 0.3) is 0 Å². The van der Waals surface area contributed by atoms with E-state index in [4.69, 9.17) is 4.98 Å². The van der Waals surface area contributed by atoms with Crippen LogP contribution in [0.2, 0.25) is 19.6 Å². The van der Waals surface area contributed by atoms with Crippen molar-refractivity contribution in [3.05, 3.63) is 151 Å². The maximum absolute atomic E-state index is 4.79. The average molecular weight is 821 g/mol. The van der Waals surface area contributed by atoms with Crippen LogP contribution in [0.1, 0.15) is 44.1 Å². The van der Waals surface area contributed by atoms with Crippen molar-refractivity contribution in [2.45, 2.75) is 58.2 Å². The van der Waals surface area contributed by atoms with E-state index in [0.717, 1.165) is 34.0 Å². The molecule has 0 spiro atoms. The molecule has 0 amide bonds. The maximum atomic E-state index is 4.79. The molecule has 1 aliphatic carbocycles. The Morgan fingerprint density at radius 3 is 1.65 bits per heavy atom. The summed E-state index contributed by atoms with van der Waals surface area (Å²) in [4.78, 5) is 9.47. The van der Waals surface area contributed by atoms with Gasteiger partial charge >= 0.3 is 0 Å². The Morgan fingerprint density at radius 2 is 1.12 bits per heavy atom. The van der Waals surface area contributed by atoms with Crippen LogP contribution in [0, 0.1) is 18.1 Å². The number of nitrogens with zero attached hydrogens (tertiary/aromatic N) is 2. The van der Waals surface area contributed by atoms with Gasteiger partial charge in [0.15, 0.2) is 0 Å². The van der Waals surface area contributed by atoms with Gasteiger partial charge in [0.1, 0.15) is 0 Å². The molecular weight excluding hydrogens is 777 g/mol. The van der Waals surface area contributed by atoms with Gasteiger partial charge in [-0.1, -0.05) is 118 Å². The Balaban J connectivity index is 0.000000184. The molecule has 7 rings (SSSR count). The smallest absolute Gasteiger partial charge is 0.0799 e. The molecule has 2 aromatic heterocycles. The second-order valence-corrected chi connectivity index (χ2v) is 18.7. The topological polar surface area (TPSA) is 25.8 Å². The fourth-order valence-corrected chi connectivity index (χ4v) is 8.36. The summed E-state index contributed by atoms with van der Waals surface area (Å²) in [6.07, 6.45) is 9.73.